The Morgan fingerprint density at radius 2 is 1.12 bits per heavy atom. The molecule has 3 saturated heterocycles. The maximum atomic E-state index is 16.4. The first kappa shape index (κ1) is 64.6. The largest absolute Gasteiger partial charge is 0.497 e. The zero-order chi connectivity index (χ0) is 62.1. The second-order valence-electron chi connectivity index (χ2n) is 22.1. The number of alkyl halides is 4. The van der Waals surface area contributed by atoms with Gasteiger partial charge in [-0.3, -0.25) is 18.7 Å². The molecule has 0 aliphatic carbocycles. The van der Waals surface area contributed by atoms with Gasteiger partial charge in [0.2, 0.25) is 12.5 Å². The number of rotatable bonds is 19. The predicted molar refractivity (Wildman–Crippen MR) is 296 cm³/mol. The van der Waals surface area contributed by atoms with Crippen LogP contribution in [0, 0.1) is 0 Å². The smallest absolute Gasteiger partial charge is 0.350 e. The van der Waals surface area contributed by atoms with Crippen molar-refractivity contribution < 1.29 is 97.8 Å². The van der Waals surface area contributed by atoms with Crippen molar-refractivity contribution in [3.05, 3.63) is 116 Å². The van der Waals surface area contributed by atoms with E-state index in [0.29, 0.717) is 60.7 Å². The van der Waals surface area contributed by atoms with E-state index in [4.69, 9.17) is 55.3 Å². The summed E-state index contributed by atoms with van der Waals surface area (Å²) in [5.74, 6) is -7.27. The molecule has 7 heterocycles. The van der Waals surface area contributed by atoms with Crippen LogP contribution >= 0.6 is 0 Å². The number of carbonyl (C=O) groups is 2. The van der Waals surface area contributed by atoms with Gasteiger partial charge in [0.1, 0.15) is 65.7 Å². The van der Waals surface area contributed by atoms with Crippen LogP contribution in [0.1, 0.15) is 102 Å². The summed E-state index contributed by atoms with van der Waals surface area (Å²) in [6.07, 6.45) is -9.62. The van der Waals surface area contributed by atoms with Crippen LogP contribution in [0.4, 0.5) is 17.6 Å². The zero-order valence-corrected chi connectivity index (χ0v) is 50.4. The molecule has 0 radical (unpaired) electrons. The summed E-state index contributed by atoms with van der Waals surface area (Å²) in [6.45, 7) is 13.8. The number of furan rings is 2. The number of methoxy groups -OCH3 is 2. The van der Waals surface area contributed by atoms with Gasteiger partial charge in [-0.1, -0.05) is 55.4 Å². The van der Waals surface area contributed by atoms with E-state index in [1.807, 2.05) is 55.4 Å². The third-order valence-corrected chi connectivity index (χ3v) is 25.4. The number of ether oxygens (including phenoxy) is 6. The van der Waals surface area contributed by atoms with Crippen LogP contribution in [0.2, 0.25) is 22.2 Å². The van der Waals surface area contributed by atoms with Gasteiger partial charge in [0, 0.05) is 34.3 Å². The van der Waals surface area contributed by atoms with E-state index in [0.717, 1.165) is 17.0 Å². The number of hydrogen-bond donors (Lipinski definition) is 4. The van der Waals surface area contributed by atoms with Gasteiger partial charge < -0.3 is 70.6 Å². The lowest BCUT2D eigenvalue weighted by atomic mass is 10.1. The second-order valence-corrected chi connectivity index (χ2v) is 30.9. The Kier molecular flexibility index (Phi) is 19.7. The van der Waals surface area contributed by atoms with Crippen molar-refractivity contribution in [2.75, 3.05) is 27.4 Å². The highest BCUT2D eigenvalue weighted by atomic mass is 28.5. The lowest BCUT2D eigenvalue weighted by Crippen LogP contribution is -2.66. The number of aromatic nitrogens is 4. The van der Waals surface area contributed by atoms with Crippen molar-refractivity contribution in [3.8, 4) is 11.5 Å². The Balaban J connectivity index is 0.000000235. The molecule has 29 heteroatoms. The standard InChI is InChI=1S/C34H48F2N2O10Si2.C22H22F2N2O9/c1-19(2)49(20(3)4)44-18-28-31(47-50(48-49,21(5)6)22(7)8)34(35,36)32(46-28)38-11-10-25(37-33(38)41)15-29(40)43-17-27-13-23-12-26(42-9)14-24(16-39)30(23)45-27;1-32-14-4-11-5-15(34-18(11)12(6-14)8-27)10-33-17(29)7-13-2-3-26(21(31)25-13)20-22(23,24)19(30)16(9-28)35-20/h10-14,19-22,28,31-32,39H,15-18H2,1-9H3;2-6,16,19-20,27-28,30H,7-10H2,1H3/t28-,31-,32-;16-,19-,20-/m11/s1. The predicted octanol–water partition coefficient (Wildman–Crippen LogP) is 6.93. The molecule has 9 rings (SSSR count). The van der Waals surface area contributed by atoms with Crippen LogP contribution in [0.5, 0.6) is 11.5 Å². The molecule has 4 N–H and O–H groups in total. The van der Waals surface area contributed by atoms with Gasteiger partial charge in [0.25, 0.3) is 0 Å². The number of aliphatic hydroxyl groups is 4. The first-order chi connectivity index (χ1) is 40.2. The van der Waals surface area contributed by atoms with E-state index in [2.05, 4.69) is 9.97 Å². The van der Waals surface area contributed by atoms with Crippen LogP contribution in [0.3, 0.4) is 0 Å². The van der Waals surface area contributed by atoms with Crippen molar-refractivity contribution in [1.82, 2.24) is 19.1 Å². The summed E-state index contributed by atoms with van der Waals surface area (Å²) in [7, 11) is -3.39. The number of halogens is 4. The SMILES string of the molecule is COc1cc(CO)c2oc(COC(=O)Cc3ccn([C@@H]4O[C@@H]5CO[Si](C(C)C)(C(C)C)O[Si](C(C)C)(C(C)C)O[C@H]5C4(F)F)c(=O)n3)cc2c1.COc1cc(CO)c2oc(COC(=O)Cc3ccn([C@@H]4O[C@H](CO)[C@@H](O)C4(F)F)c(=O)n3)cc2c1. The van der Waals surface area contributed by atoms with E-state index in [1.165, 1.54) is 26.4 Å². The molecule has 0 saturated carbocycles. The number of hydrogen-bond acceptors (Lipinski definition) is 21. The molecule has 3 fully saturated rings. The minimum atomic E-state index is -3.84. The van der Waals surface area contributed by atoms with Crippen molar-refractivity contribution in [1.29, 1.82) is 0 Å². The average molecular weight is 1240 g/mol. The monoisotopic (exact) mass is 1230 g/mol. The van der Waals surface area contributed by atoms with Gasteiger partial charge in [-0.2, -0.15) is 27.5 Å². The summed E-state index contributed by atoms with van der Waals surface area (Å²) in [5.41, 5.74) is -0.616. The minimum absolute atomic E-state index is 0.0118. The normalized spacial score (nSPS) is 22.3. The third-order valence-electron chi connectivity index (χ3n) is 15.2. The molecule has 464 valence electrons. The van der Waals surface area contributed by atoms with Gasteiger partial charge in [-0.25, -0.2) is 9.59 Å². The number of carbonyl (C=O) groups excluding carboxylic acids is 2. The zero-order valence-electron chi connectivity index (χ0n) is 48.4. The Labute approximate surface area is 486 Å². The van der Waals surface area contributed by atoms with E-state index in [1.54, 1.807) is 36.4 Å². The number of nitrogens with zero attached hydrogens (tertiary/aromatic N) is 4. The molecule has 0 amide bonds. The van der Waals surface area contributed by atoms with Crippen LogP contribution in [0.15, 0.2) is 79.3 Å². The molecule has 4 aromatic heterocycles. The Hall–Kier alpha value is -6.39. The number of esters is 2. The van der Waals surface area contributed by atoms with Crippen LogP contribution in [0.25, 0.3) is 21.9 Å². The van der Waals surface area contributed by atoms with Gasteiger partial charge in [0.15, 0.2) is 6.10 Å². The number of fused-ring (bicyclic) bond motifs is 3. The Bertz CT molecular complexity index is 3460. The lowest BCUT2D eigenvalue weighted by Gasteiger charge is -2.51. The lowest BCUT2D eigenvalue weighted by molar-refractivity contribution is -0.145. The molecule has 0 unspecified atom stereocenters. The van der Waals surface area contributed by atoms with E-state index >= 15 is 8.78 Å². The van der Waals surface area contributed by atoms with Crippen LogP contribution in [-0.4, -0.2) is 132 Å². The fourth-order valence-electron chi connectivity index (χ4n) is 10.8. The minimum Gasteiger partial charge on any atom is -0.497 e. The quantitative estimate of drug-likeness (QED) is 0.0363. The van der Waals surface area contributed by atoms with E-state index in [9.17, 15) is 43.3 Å². The molecular formula is C56H70F4N4O19Si2. The van der Waals surface area contributed by atoms with Gasteiger partial charge in [-0.15, -0.1) is 0 Å². The highest BCUT2D eigenvalue weighted by Crippen LogP contribution is 2.52. The summed E-state index contributed by atoms with van der Waals surface area (Å²) >= 11 is 0. The summed E-state index contributed by atoms with van der Waals surface area (Å²) < 4.78 is 126. The van der Waals surface area contributed by atoms with Gasteiger partial charge >= 0.3 is 52.3 Å². The van der Waals surface area contributed by atoms with Crippen molar-refractivity contribution in [3.63, 3.8) is 0 Å². The van der Waals surface area contributed by atoms with Crippen LogP contribution < -0.4 is 20.9 Å². The van der Waals surface area contributed by atoms with E-state index in [-0.39, 0.29) is 73.0 Å². The number of benzene rings is 2. The molecule has 3 aliphatic heterocycles. The summed E-state index contributed by atoms with van der Waals surface area (Å²) in [5, 5.41) is 39.2. The Morgan fingerprint density at radius 3 is 1.51 bits per heavy atom. The van der Waals surface area contributed by atoms with Crippen molar-refractivity contribution >= 4 is 51.0 Å². The second kappa shape index (κ2) is 25.9. The molecular weight excluding hydrogens is 1160 g/mol. The third kappa shape index (κ3) is 13.0. The molecule has 85 heavy (non-hydrogen) atoms. The van der Waals surface area contributed by atoms with Crippen molar-refractivity contribution in [2.45, 2.75) is 166 Å². The maximum Gasteiger partial charge on any atom is 0.350 e. The molecule has 6 aromatic rings. The summed E-state index contributed by atoms with van der Waals surface area (Å²) in [6, 6.07) is 12.4. The molecule has 3 aliphatic rings. The van der Waals surface area contributed by atoms with Gasteiger partial charge in [0.05, 0.1) is 64.9 Å². The van der Waals surface area contributed by atoms with Crippen molar-refractivity contribution in [2.24, 2.45) is 0 Å². The number of aliphatic hydroxyl groups excluding tert-OH is 4. The summed E-state index contributed by atoms with van der Waals surface area (Å²) in [4.78, 5) is 57.9. The fraction of sp³-hybridized carbons (Fsp3) is 0.536. The Morgan fingerprint density at radius 1 is 0.671 bits per heavy atom. The van der Waals surface area contributed by atoms with E-state index < -0.39 is 102 Å². The first-order valence-corrected chi connectivity index (χ1v) is 31.4. The molecule has 23 nitrogen and oxygen atoms in total. The highest BCUT2D eigenvalue weighted by Gasteiger charge is 2.68. The van der Waals surface area contributed by atoms with Gasteiger partial charge in [-0.05, 0) is 70.7 Å². The average Bonchev–Trinajstić information content (AvgIpc) is 2.43. The molecule has 0 bridgehead atoms. The maximum absolute atomic E-state index is 16.4. The molecule has 2 aromatic carbocycles. The first-order valence-electron chi connectivity index (χ1n) is 27.4. The van der Waals surface area contributed by atoms with Crippen LogP contribution in [-0.2, 0) is 80.8 Å². The fourth-order valence-corrected chi connectivity index (χ4v) is 22.0. The molecule has 0 spiro atoms. The topological polar surface area (TPSA) is 294 Å². The highest BCUT2D eigenvalue weighted by molar-refractivity contribution is 6.84. The molecule has 6 atom stereocenters.